The summed E-state index contributed by atoms with van der Waals surface area (Å²) in [6, 6.07) is 8.36. The number of carbonyl (C=O) groups excluding carboxylic acids is 2. The van der Waals surface area contributed by atoms with Gasteiger partial charge in [0.05, 0.1) is 7.11 Å². The fourth-order valence-electron chi connectivity index (χ4n) is 3.84. The Bertz CT molecular complexity index is 662. The lowest BCUT2D eigenvalue weighted by Crippen LogP contribution is -2.45. The first-order valence-electron chi connectivity index (χ1n) is 12.8. The Morgan fingerprint density at radius 3 is 2.00 bits per heavy atom. The Hall–Kier alpha value is -2.17. The number of hydrogen-bond donors (Lipinski definition) is 1. The van der Waals surface area contributed by atoms with E-state index in [4.69, 9.17) is 4.74 Å². The summed E-state index contributed by atoms with van der Waals surface area (Å²) in [4.78, 5) is 24.2. The zero-order chi connectivity index (χ0) is 24.2. The average molecular weight is 462 g/mol. The molecule has 0 saturated heterocycles. The van der Waals surface area contributed by atoms with Gasteiger partial charge < -0.3 is 10.1 Å². The van der Waals surface area contributed by atoms with Crippen molar-refractivity contribution in [3.63, 3.8) is 0 Å². The standard InChI is InChI=1S/C28H44FNO3/c1-3-4-5-6-7-8-9-10-11-12-13-14-15-19-22-25(29)27(31)30-26(28(32)33-2)23-24-20-17-16-18-21-24/h16-22,25-26H,3-15,23H2,1-2H3,(H,30,31)/b22-19+/t25?,26-/m0/s1. The number of nitrogens with one attached hydrogen (secondary N) is 1. The van der Waals surface area contributed by atoms with Crippen LogP contribution < -0.4 is 5.32 Å². The van der Waals surface area contributed by atoms with E-state index in [2.05, 4.69) is 12.2 Å². The highest BCUT2D eigenvalue weighted by atomic mass is 19.1. The van der Waals surface area contributed by atoms with E-state index in [1.165, 1.54) is 77.4 Å². The van der Waals surface area contributed by atoms with E-state index in [0.29, 0.717) is 0 Å². The molecule has 1 aromatic carbocycles. The second kappa shape index (κ2) is 19.3. The van der Waals surface area contributed by atoms with Crippen molar-refractivity contribution in [2.24, 2.45) is 0 Å². The lowest BCUT2D eigenvalue weighted by molar-refractivity contribution is -0.145. The van der Waals surface area contributed by atoms with Crippen molar-refractivity contribution >= 4 is 11.9 Å². The minimum absolute atomic E-state index is 0.258. The maximum atomic E-state index is 14.3. The third-order valence-corrected chi connectivity index (χ3v) is 5.86. The van der Waals surface area contributed by atoms with Gasteiger partial charge in [-0.2, -0.15) is 0 Å². The summed E-state index contributed by atoms with van der Waals surface area (Å²) in [5, 5.41) is 2.48. The smallest absolute Gasteiger partial charge is 0.328 e. The fraction of sp³-hybridized carbons (Fsp3) is 0.643. The average Bonchev–Trinajstić information content (AvgIpc) is 2.83. The van der Waals surface area contributed by atoms with Crippen LogP contribution in [0.2, 0.25) is 0 Å². The van der Waals surface area contributed by atoms with E-state index in [0.717, 1.165) is 24.8 Å². The van der Waals surface area contributed by atoms with Gasteiger partial charge in [-0.1, -0.05) is 114 Å². The van der Waals surface area contributed by atoms with Crippen molar-refractivity contribution < 1.29 is 18.7 Å². The molecule has 0 radical (unpaired) electrons. The molecule has 0 aliphatic heterocycles. The fourth-order valence-corrected chi connectivity index (χ4v) is 3.84. The predicted octanol–water partition coefficient (Wildman–Crippen LogP) is 6.87. The molecule has 0 heterocycles. The van der Waals surface area contributed by atoms with E-state index >= 15 is 0 Å². The maximum Gasteiger partial charge on any atom is 0.328 e. The molecule has 5 heteroatoms. The molecular weight excluding hydrogens is 417 g/mol. The number of alkyl halides is 1. The van der Waals surface area contributed by atoms with Gasteiger partial charge in [0, 0.05) is 6.42 Å². The molecule has 1 N–H and O–H groups in total. The Morgan fingerprint density at radius 1 is 0.909 bits per heavy atom. The number of unbranched alkanes of at least 4 members (excludes halogenated alkanes) is 12. The molecule has 0 bridgehead atoms. The summed E-state index contributed by atoms with van der Waals surface area (Å²) in [5.74, 6) is -1.40. The van der Waals surface area contributed by atoms with Crippen LogP contribution in [0.5, 0.6) is 0 Å². The van der Waals surface area contributed by atoms with Gasteiger partial charge in [-0.05, 0) is 24.5 Å². The van der Waals surface area contributed by atoms with E-state index in [1.54, 1.807) is 6.08 Å². The summed E-state index contributed by atoms with van der Waals surface area (Å²) in [5.41, 5.74) is 0.867. The zero-order valence-electron chi connectivity index (χ0n) is 20.7. The lowest BCUT2D eigenvalue weighted by Gasteiger charge is -2.17. The van der Waals surface area contributed by atoms with Gasteiger partial charge in [0.2, 0.25) is 0 Å². The molecule has 0 aliphatic carbocycles. The molecule has 186 valence electrons. The minimum Gasteiger partial charge on any atom is -0.467 e. The maximum absolute atomic E-state index is 14.3. The first-order valence-corrected chi connectivity index (χ1v) is 12.8. The Kier molecular flexibility index (Phi) is 16.9. The highest BCUT2D eigenvalue weighted by Crippen LogP contribution is 2.13. The first kappa shape index (κ1) is 28.9. The molecule has 4 nitrogen and oxygen atoms in total. The number of esters is 1. The molecular formula is C28H44FNO3. The van der Waals surface area contributed by atoms with Crippen LogP contribution in [0.4, 0.5) is 4.39 Å². The van der Waals surface area contributed by atoms with Crippen molar-refractivity contribution in [1.82, 2.24) is 5.32 Å². The molecule has 0 spiro atoms. The zero-order valence-corrected chi connectivity index (χ0v) is 20.7. The minimum atomic E-state index is -1.77. The van der Waals surface area contributed by atoms with Crippen LogP contribution in [0.15, 0.2) is 42.5 Å². The van der Waals surface area contributed by atoms with Crippen LogP contribution in [-0.4, -0.2) is 31.2 Å². The van der Waals surface area contributed by atoms with Crippen LogP contribution in [0.25, 0.3) is 0 Å². The van der Waals surface area contributed by atoms with Crippen LogP contribution in [0.1, 0.15) is 96.0 Å². The van der Waals surface area contributed by atoms with E-state index in [-0.39, 0.29) is 6.42 Å². The molecule has 1 aromatic rings. The van der Waals surface area contributed by atoms with Crippen molar-refractivity contribution in [1.29, 1.82) is 0 Å². The summed E-state index contributed by atoms with van der Waals surface area (Å²) < 4.78 is 19.0. The number of benzene rings is 1. The molecule has 0 fully saturated rings. The molecule has 1 rings (SSSR count). The van der Waals surface area contributed by atoms with Gasteiger partial charge in [-0.25, -0.2) is 9.18 Å². The van der Waals surface area contributed by atoms with Gasteiger partial charge in [0.25, 0.3) is 5.91 Å². The molecule has 0 saturated carbocycles. The van der Waals surface area contributed by atoms with Crippen LogP contribution in [0.3, 0.4) is 0 Å². The SMILES string of the molecule is CCCCCCCCCCCCCC/C=C/C(F)C(=O)N[C@@H](Cc1ccccc1)C(=O)OC. The second-order valence-corrected chi connectivity index (χ2v) is 8.78. The lowest BCUT2D eigenvalue weighted by atomic mass is 10.0. The summed E-state index contributed by atoms with van der Waals surface area (Å²) in [7, 11) is 1.26. The molecule has 1 unspecified atom stereocenters. The van der Waals surface area contributed by atoms with Crippen molar-refractivity contribution in [3.8, 4) is 0 Å². The highest BCUT2D eigenvalue weighted by Gasteiger charge is 2.25. The number of amides is 1. The van der Waals surface area contributed by atoms with Crippen molar-refractivity contribution in [2.45, 2.75) is 109 Å². The Morgan fingerprint density at radius 2 is 1.45 bits per heavy atom. The topological polar surface area (TPSA) is 55.4 Å². The number of carbonyl (C=O) groups is 2. The summed E-state index contributed by atoms with van der Waals surface area (Å²) >= 11 is 0. The van der Waals surface area contributed by atoms with E-state index < -0.39 is 24.1 Å². The van der Waals surface area contributed by atoms with Crippen LogP contribution in [0, 0.1) is 0 Å². The molecule has 33 heavy (non-hydrogen) atoms. The molecule has 0 aliphatic rings. The largest absolute Gasteiger partial charge is 0.467 e. The van der Waals surface area contributed by atoms with Gasteiger partial charge in [-0.15, -0.1) is 0 Å². The Balaban J connectivity index is 2.16. The monoisotopic (exact) mass is 461 g/mol. The van der Waals surface area contributed by atoms with Crippen molar-refractivity contribution in [3.05, 3.63) is 48.0 Å². The second-order valence-electron chi connectivity index (χ2n) is 8.78. The van der Waals surface area contributed by atoms with Crippen LogP contribution in [-0.2, 0) is 20.7 Å². The molecule has 0 aromatic heterocycles. The third kappa shape index (κ3) is 14.6. The predicted molar refractivity (Wildman–Crippen MR) is 134 cm³/mol. The molecule has 2 atom stereocenters. The number of ether oxygens (including phenoxy) is 1. The quantitative estimate of drug-likeness (QED) is 0.139. The number of halogens is 1. The molecule has 1 amide bonds. The van der Waals surface area contributed by atoms with E-state index in [1.807, 2.05) is 30.3 Å². The number of hydrogen-bond acceptors (Lipinski definition) is 3. The van der Waals surface area contributed by atoms with Gasteiger partial charge in [0.1, 0.15) is 6.04 Å². The number of methoxy groups -OCH3 is 1. The van der Waals surface area contributed by atoms with Gasteiger partial charge in [0.15, 0.2) is 6.17 Å². The summed E-state index contributed by atoms with van der Waals surface area (Å²) in [6.45, 7) is 2.25. The van der Waals surface area contributed by atoms with Crippen LogP contribution >= 0.6 is 0 Å². The van der Waals surface area contributed by atoms with E-state index in [9.17, 15) is 14.0 Å². The normalized spacial score (nSPS) is 13.1. The first-order chi connectivity index (χ1) is 16.1. The van der Waals surface area contributed by atoms with Gasteiger partial charge >= 0.3 is 5.97 Å². The third-order valence-electron chi connectivity index (χ3n) is 5.86. The van der Waals surface area contributed by atoms with Crippen molar-refractivity contribution in [2.75, 3.05) is 7.11 Å². The number of rotatable bonds is 19. The van der Waals surface area contributed by atoms with Gasteiger partial charge in [-0.3, -0.25) is 4.79 Å². The number of allylic oxidation sites excluding steroid dienone is 1. The summed E-state index contributed by atoms with van der Waals surface area (Å²) in [6.07, 6.45) is 17.7. The highest BCUT2D eigenvalue weighted by molar-refractivity contribution is 5.88. The Labute approximate surface area is 200 Å².